The van der Waals surface area contributed by atoms with Crippen molar-refractivity contribution in [3.05, 3.63) is 47.5 Å². The van der Waals surface area contributed by atoms with E-state index in [9.17, 15) is 13.2 Å². The molecule has 2 aromatic rings. The minimum absolute atomic E-state index is 0.173. The monoisotopic (exact) mass is 227 g/mol. The first-order chi connectivity index (χ1) is 7.61. The molecule has 0 aliphatic rings. The molecule has 0 unspecified atom stereocenters. The first kappa shape index (κ1) is 10.7. The highest BCUT2D eigenvalue weighted by Gasteiger charge is 2.13. The summed E-state index contributed by atoms with van der Waals surface area (Å²) in [6, 6.07) is 2.89. The van der Waals surface area contributed by atoms with Crippen LogP contribution in [-0.2, 0) is 6.54 Å². The van der Waals surface area contributed by atoms with Crippen molar-refractivity contribution in [1.82, 2.24) is 9.78 Å². The Hall–Kier alpha value is -1.82. The highest BCUT2D eigenvalue weighted by atomic mass is 19.2. The fourth-order valence-corrected chi connectivity index (χ4v) is 1.31. The summed E-state index contributed by atoms with van der Waals surface area (Å²) in [6.07, 6.45) is 1.39. The van der Waals surface area contributed by atoms with E-state index in [1.807, 2.05) is 0 Å². The maximum atomic E-state index is 13.3. The Morgan fingerprint density at radius 2 is 2.00 bits per heavy atom. The average Bonchev–Trinajstić information content (AvgIpc) is 2.71. The van der Waals surface area contributed by atoms with Crippen LogP contribution in [0.15, 0.2) is 24.4 Å². The molecule has 0 aliphatic carbocycles. The number of hydrogen-bond acceptors (Lipinski definition) is 2. The predicted molar refractivity (Wildman–Crippen MR) is 51.3 cm³/mol. The van der Waals surface area contributed by atoms with E-state index in [1.165, 1.54) is 6.20 Å². The lowest BCUT2D eigenvalue weighted by molar-refractivity contribution is 0.487. The van der Waals surface area contributed by atoms with Crippen LogP contribution in [0.4, 0.5) is 13.2 Å². The summed E-state index contributed by atoms with van der Waals surface area (Å²) in [5.41, 5.74) is 5.54. The third-order valence-electron chi connectivity index (χ3n) is 2.07. The van der Waals surface area contributed by atoms with Crippen LogP contribution in [0.1, 0.15) is 5.69 Å². The SMILES string of the molecule is NCc1ccn(-c2cc(F)cc(F)c2F)n1. The third-order valence-corrected chi connectivity index (χ3v) is 2.07. The fraction of sp³-hybridized carbons (Fsp3) is 0.100. The van der Waals surface area contributed by atoms with Gasteiger partial charge in [-0.25, -0.2) is 17.9 Å². The second-order valence-electron chi connectivity index (χ2n) is 3.18. The van der Waals surface area contributed by atoms with Gasteiger partial charge in [0, 0.05) is 24.9 Å². The third kappa shape index (κ3) is 1.79. The molecule has 16 heavy (non-hydrogen) atoms. The van der Waals surface area contributed by atoms with Crippen molar-refractivity contribution < 1.29 is 13.2 Å². The van der Waals surface area contributed by atoms with Crippen molar-refractivity contribution in [2.45, 2.75) is 6.54 Å². The molecule has 0 spiro atoms. The number of halogens is 3. The molecule has 0 atom stereocenters. The van der Waals surface area contributed by atoms with Crippen LogP contribution in [0.25, 0.3) is 5.69 Å². The number of nitrogens with two attached hydrogens (primary N) is 1. The van der Waals surface area contributed by atoms with Crippen molar-refractivity contribution >= 4 is 0 Å². The summed E-state index contributed by atoms with van der Waals surface area (Å²) in [4.78, 5) is 0. The summed E-state index contributed by atoms with van der Waals surface area (Å²) in [7, 11) is 0. The second kappa shape index (κ2) is 3.97. The van der Waals surface area contributed by atoms with Crippen LogP contribution in [0.2, 0.25) is 0 Å². The first-order valence-corrected chi connectivity index (χ1v) is 4.51. The van der Waals surface area contributed by atoms with Crippen LogP contribution in [-0.4, -0.2) is 9.78 Å². The van der Waals surface area contributed by atoms with E-state index in [0.29, 0.717) is 11.8 Å². The van der Waals surface area contributed by atoms with Crippen molar-refractivity contribution in [3.63, 3.8) is 0 Å². The number of benzene rings is 1. The van der Waals surface area contributed by atoms with E-state index < -0.39 is 17.5 Å². The summed E-state index contributed by atoms with van der Waals surface area (Å²) >= 11 is 0. The van der Waals surface area contributed by atoms with E-state index >= 15 is 0 Å². The van der Waals surface area contributed by atoms with Gasteiger partial charge in [0.25, 0.3) is 0 Å². The number of aromatic nitrogens is 2. The van der Waals surface area contributed by atoms with Gasteiger partial charge in [-0.2, -0.15) is 5.10 Å². The second-order valence-corrected chi connectivity index (χ2v) is 3.18. The molecule has 0 radical (unpaired) electrons. The molecule has 1 aromatic carbocycles. The van der Waals surface area contributed by atoms with Gasteiger partial charge in [0.15, 0.2) is 11.6 Å². The minimum Gasteiger partial charge on any atom is -0.325 e. The van der Waals surface area contributed by atoms with Crippen molar-refractivity contribution in [2.24, 2.45) is 5.73 Å². The van der Waals surface area contributed by atoms with Crippen LogP contribution >= 0.6 is 0 Å². The molecule has 3 nitrogen and oxygen atoms in total. The van der Waals surface area contributed by atoms with Gasteiger partial charge in [-0.05, 0) is 6.07 Å². The number of rotatable bonds is 2. The Morgan fingerprint density at radius 3 is 2.62 bits per heavy atom. The van der Waals surface area contributed by atoms with E-state index in [4.69, 9.17) is 5.73 Å². The summed E-state index contributed by atoms with van der Waals surface area (Å²) < 4.78 is 40.2. The van der Waals surface area contributed by atoms with Crippen LogP contribution in [0, 0.1) is 17.5 Å². The average molecular weight is 227 g/mol. The summed E-state index contributed by atoms with van der Waals surface area (Å²) in [5.74, 6) is -3.26. The number of nitrogens with zero attached hydrogens (tertiary/aromatic N) is 2. The Morgan fingerprint density at radius 1 is 1.25 bits per heavy atom. The van der Waals surface area contributed by atoms with Gasteiger partial charge < -0.3 is 5.73 Å². The highest BCUT2D eigenvalue weighted by molar-refractivity contribution is 5.34. The zero-order chi connectivity index (χ0) is 11.7. The van der Waals surface area contributed by atoms with Gasteiger partial charge >= 0.3 is 0 Å². The summed E-state index contributed by atoms with van der Waals surface area (Å²) in [5, 5.41) is 3.86. The molecular formula is C10H8F3N3. The molecule has 0 bridgehead atoms. The zero-order valence-electron chi connectivity index (χ0n) is 8.12. The highest BCUT2D eigenvalue weighted by Crippen LogP contribution is 2.17. The molecule has 0 saturated heterocycles. The van der Waals surface area contributed by atoms with Crippen LogP contribution in [0.5, 0.6) is 0 Å². The van der Waals surface area contributed by atoms with Crippen LogP contribution in [0.3, 0.4) is 0 Å². The molecule has 2 N–H and O–H groups in total. The van der Waals surface area contributed by atoms with E-state index in [2.05, 4.69) is 5.10 Å². The van der Waals surface area contributed by atoms with Gasteiger partial charge in [-0.3, -0.25) is 0 Å². The number of hydrogen-bond donors (Lipinski definition) is 1. The Labute approximate surface area is 89.3 Å². The van der Waals surface area contributed by atoms with E-state index in [0.717, 1.165) is 10.7 Å². The van der Waals surface area contributed by atoms with Crippen molar-refractivity contribution in [1.29, 1.82) is 0 Å². The molecular weight excluding hydrogens is 219 g/mol. The van der Waals surface area contributed by atoms with Crippen molar-refractivity contribution in [2.75, 3.05) is 0 Å². The molecule has 0 aliphatic heterocycles. The van der Waals surface area contributed by atoms with Gasteiger partial charge in [0.2, 0.25) is 0 Å². The molecule has 0 fully saturated rings. The van der Waals surface area contributed by atoms with Crippen molar-refractivity contribution in [3.8, 4) is 5.69 Å². The molecule has 0 amide bonds. The molecule has 1 aromatic heterocycles. The topological polar surface area (TPSA) is 43.8 Å². The largest absolute Gasteiger partial charge is 0.325 e. The zero-order valence-corrected chi connectivity index (χ0v) is 8.12. The Bertz CT molecular complexity index is 522. The minimum atomic E-state index is -1.25. The molecule has 84 valence electrons. The van der Waals surface area contributed by atoms with E-state index in [1.54, 1.807) is 6.07 Å². The first-order valence-electron chi connectivity index (χ1n) is 4.51. The maximum absolute atomic E-state index is 13.3. The lowest BCUT2D eigenvalue weighted by Gasteiger charge is -2.04. The maximum Gasteiger partial charge on any atom is 0.184 e. The Balaban J connectivity index is 2.54. The molecule has 1 heterocycles. The predicted octanol–water partition coefficient (Wildman–Crippen LogP) is 1.75. The molecule has 0 saturated carbocycles. The molecule has 6 heteroatoms. The lowest BCUT2D eigenvalue weighted by Crippen LogP contribution is -2.04. The van der Waals surface area contributed by atoms with Crippen LogP contribution < -0.4 is 5.73 Å². The standard InChI is InChI=1S/C10H8F3N3/c11-6-3-8(12)10(13)9(4-6)16-2-1-7(5-14)15-16/h1-4H,5,14H2. The molecule has 2 rings (SSSR count). The normalized spacial score (nSPS) is 10.8. The lowest BCUT2D eigenvalue weighted by atomic mass is 10.3. The van der Waals surface area contributed by atoms with Gasteiger partial charge in [-0.15, -0.1) is 0 Å². The fourth-order valence-electron chi connectivity index (χ4n) is 1.31. The van der Waals surface area contributed by atoms with E-state index in [-0.39, 0.29) is 12.2 Å². The van der Waals surface area contributed by atoms with Gasteiger partial charge in [-0.1, -0.05) is 0 Å². The Kier molecular flexibility index (Phi) is 2.66. The summed E-state index contributed by atoms with van der Waals surface area (Å²) in [6.45, 7) is 0.173. The van der Waals surface area contributed by atoms with Gasteiger partial charge in [0.1, 0.15) is 11.5 Å². The smallest absolute Gasteiger partial charge is 0.184 e. The van der Waals surface area contributed by atoms with Gasteiger partial charge in [0.05, 0.1) is 5.69 Å². The quantitative estimate of drug-likeness (QED) is 0.794.